The number of rotatable bonds is 3. The zero-order chi connectivity index (χ0) is 12.4. The van der Waals surface area contributed by atoms with Crippen LogP contribution in [0, 0.1) is 0 Å². The molecule has 0 aliphatic rings. The van der Waals surface area contributed by atoms with Gasteiger partial charge >= 0.3 is 0 Å². The van der Waals surface area contributed by atoms with Crippen LogP contribution in [0.15, 0.2) is 30.6 Å². The molecule has 90 valence electrons. The zero-order valence-electron chi connectivity index (χ0n) is 10.3. The molecule has 0 saturated heterocycles. The van der Waals surface area contributed by atoms with Gasteiger partial charge in [0.2, 0.25) is 0 Å². The Morgan fingerprint density at radius 2 is 2.00 bits per heavy atom. The SMILES string of the molecule is CC(C)Oc1cc(N)cc(-c2cnn(C)c2)c1. The highest BCUT2D eigenvalue weighted by molar-refractivity contribution is 5.68. The molecule has 0 aliphatic carbocycles. The molecular weight excluding hydrogens is 214 g/mol. The quantitative estimate of drug-likeness (QED) is 0.825. The van der Waals surface area contributed by atoms with E-state index < -0.39 is 0 Å². The molecule has 0 spiro atoms. The molecule has 0 unspecified atom stereocenters. The number of nitrogens with zero attached hydrogens (tertiary/aromatic N) is 2. The maximum Gasteiger partial charge on any atom is 0.122 e. The maximum absolute atomic E-state index is 5.87. The van der Waals surface area contributed by atoms with Gasteiger partial charge in [0.05, 0.1) is 12.3 Å². The van der Waals surface area contributed by atoms with Crippen LogP contribution in [-0.4, -0.2) is 15.9 Å². The van der Waals surface area contributed by atoms with Crippen molar-refractivity contribution in [2.45, 2.75) is 20.0 Å². The first-order chi connectivity index (χ1) is 8.04. The van der Waals surface area contributed by atoms with E-state index >= 15 is 0 Å². The standard InChI is InChI=1S/C13H17N3O/c1-9(2)17-13-5-10(4-12(14)6-13)11-7-15-16(3)8-11/h4-9H,14H2,1-3H3. The fraction of sp³-hybridized carbons (Fsp3) is 0.308. The van der Waals surface area contributed by atoms with Gasteiger partial charge in [-0.2, -0.15) is 5.10 Å². The molecule has 2 N–H and O–H groups in total. The van der Waals surface area contributed by atoms with E-state index in [1.54, 1.807) is 4.68 Å². The number of anilines is 1. The van der Waals surface area contributed by atoms with Crippen molar-refractivity contribution in [1.82, 2.24) is 9.78 Å². The molecule has 1 aromatic heterocycles. The van der Waals surface area contributed by atoms with Gasteiger partial charge in [0, 0.05) is 30.6 Å². The number of hydrogen-bond donors (Lipinski definition) is 1. The van der Waals surface area contributed by atoms with Crippen molar-refractivity contribution in [2.24, 2.45) is 7.05 Å². The summed E-state index contributed by atoms with van der Waals surface area (Å²) in [5, 5.41) is 4.15. The van der Waals surface area contributed by atoms with Gasteiger partial charge in [-0.1, -0.05) is 0 Å². The molecule has 1 heterocycles. The first kappa shape index (κ1) is 11.5. The Morgan fingerprint density at radius 3 is 2.59 bits per heavy atom. The minimum absolute atomic E-state index is 0.138. The molecular formula is C13H17N3O. The molecule has 0 radical (unpaired) electrons. The van der Waals surface area contributed by atoms with Gasteiger partial charge in [-0.3, -0.25) is 4.68 Å². The second-order valence-corrected chi connectivity index (χ2v) is 4.36. The Balaban J connectivity index is 2.37. The average molecular weight is 231 g/mol. The van der Waals surface area contributed by atoms with Gasteiger partial charge in [-0.15, -0.1) is 0 Å². The van der Waals surface area contributed by atoms with E-state index in [4.69, 9.17) is 10.5 Å². The van der Waals surface area contributed by atoms with Gasteiger partial charge in [0.1, 0.15) is 5.75 Å². The molecule has 2 rings (SSSR count). The van der Waals surface area contributed by atoms with Gasteiger partial charge in [-0.05, 0) is 31.5 Å². The molecule has 0 aliphatic heterocycles. The summed E-state index contributed by atoms with van der Waals surface area (Å²) in [4.78, 5) is 0. The normalized spacial score (nSPS) is 10.8. The third-order valence-electron chi connectivity index (χ3n) is 2.34. The van der Waals surface area contributed by atoms with Crippen molar-refractivity contribution >= 4 is 5.69 Å². The van der Waals surface area contributed by atoms with E-state index in [1.807, 2.05) is 51.5 Å². The van der Waals surface area contributed by atoms with E-state index in [0.717, 1.165) is 16.9 Å². The molecule has 0 amide bonds. The van der Waals surface area contributed by atoms with Crippen LogP contribution in [0.5, 0.6) is 5.75 Å². The summed E-state index contributed by atoms with van der Waals surface area (Å²) in [6.45, 7) is 3.99. The molecule has 4 nitrogen and oxygen atoms in total. The number of aromatic nitrogens is 2. The van der Waals surface area contributed by atoms with Crippen molar-refractivity contribution in [3.63, 3.8) is 0 Å². The van der Waals surface area contributed by atoms with Crippen molar-refractivity contribution in [2.75, 3.05) is 5.73 Å². The van der Waals surface area contributed by atoms with Crippen LogP contribution < -0.4 is 10.5 Å². The average Bonchev–Trinajstić information content (AvgIpc) is 2.62. The van der Waals surface area contributed by atoms with Crippen LogP contribution in [0.4, 0.5) is 5.69 Å². The Bertz CT molecular complexity index is 517. The summed E-state index contributed by atoms with van der Waals surface area (Å²) in [6, 6.07) is 5.73. The Kier molecular flexibility index (Phi) is 3.04. The van der Waals surface area contributed by atoms with Crippen LogP contribution in [-0.2, 0) is 7.05 Å². The first-order valence-electron chi connectivity index (χ1n) is 5.61. The Labute approximate surface area is 101 Å². The summed E-state index contributed by atoms with van der Waals surface area (Å²) in [6.07, 6.45) is 3.90. The second kappa shape index (κ2) is 4.49. The van der Waals surface area contributed by atoms with Crippen molar-refractivity contribution in [1.29, 1.82) is 0 Å². The lowest BCUT2D eigenvalue weighted by Crippen LogP contribution is -2.05. The molecule has 2 aromatic rings. The molecule has 0 bridgehead atoms. The van der Waals surface area contributed by atoms with Crippen LogP contribution in [0.1, 0.15) is 13.8 Å². The third kappa shape index (κ3) is 2.78. The zero-order valence-corrected chi connectivity index (χ0v) is 10.3. The smallest absolute Gasteiger partial charge is 0.122 e. The van der Waals surface area contributed by atoms with Crippen molar-refractivity contribution in [3.05, 3.63) is 30.6 Å². The lowest BCUT2D eigenvalue weighted by molar-refractivity contribution is 0.242. The highest BCUT2D eigenvalue weighted by Crippen LogP contribution is 2.27. The van der Waals surface area contributed by atoms with Gasteiger partial charge in [0.25, 0.3) is 0 Å². The summed E-state index contributed by atoms with van der Waals surface area (Å²) in [7, 11) is 1.89. The molecule has 0 atom stereocenters. The lowest BCUT2D eigenvalue weighted by atomic mass is 10.1. The van der Waals surface area contributed by atoms with Crippen LogP contribution in [0.25, 0.3) is 11.1 Å². The maximum atomic E-state index is 5.87. The number of ether oxygens (including phenoxy) is 1. The van der Waals surface area contributed by atoms with Gasteiger partial charge in [0.15, 0.2) is 0 Å². The van der Waals surface area contributed by atoms with Crippen LogP contribution in [0.2, 0.25) is 0 Å². The summed E-state index contributed by atoms with van der Waals surface area (Å²) in [5.74, 6) is 0.791. The fourth-order valence-corrected chi connectivity index (χ4v) is 1.70. The topological polar surface area (TPSA) is 53.1 Å². The fourth-order valence-electron chi connectivity index (χ4n) is 1.70. The predicted molar refractivity (Wildman–Crippen MR) is 68.8 cm³/mol. The summed E-state index contributed by atoms with van der Waals surface area (Å²) in [5.41, 5.74) is 8.63. The number of aryl methyl sites for hydroxylation is 1. The van der Waals surface area contributed by atoms with E-state index in [-0.39, 0.29) is 6.10 Å². The van der Waals surface area contributed by atoms with Gasteiger partial charge in [-0.25, -0.2) is 0 Å². The summed E-state index contributed by atoms with van der Waals surface area (Å²) >= 11 is 0. The largest absolute Gasteiger partial charge is 0.491 e. The molecule has 0 fully saturated rings. The van der Waals surface area contributed by atoms with E-state index in [9.17, 15) is 0 Å². The van der Waals surface area contributed by atoms with E-state index in [1.165, 1.54) is 0 Å². The minimum atomic E-state index is 0.138. The van der Waals surface area contributed by atoms with Crippen molar-refractivity contribution < 1.29 is 4.74 Å². The van der Waals surface area contributed by atoms with Crippen LogP contribution in [0.3, 0.4) is 0 Å². The van der Waals surface area contributed by atoms with E-state index in [2.05, 4.69) is 5.10 Å². The molecule has 0 saturated carbocycles. The number of nitrogens with two attached hydrogens (primary N) is 1. The third-order valence-corrected chi connectivity index (χ3v) is 2.34. The number of benzene rings is 1. The Morgan fingerprint density at radius 1 is 1.24 bits per heavy atom. The second-order valence-electron chi connectivity index (χ2n) is 4.36. The highest BCUT2D eigenvalue weighted by Gasteiger charge is 2.05. The van der Waals surface area contributed by atoms with Crippen LogP contribution >= 0.6 is 0 Å². The predicted octanol–water partition coefficient (Wildman–Crippen LogP) is 2.46. The number of hydrogen-bond acceptors (Lipinski definition) is 3. The molecule has 1 aromatic carbocycles. The lowest BCUT2D eigenvalue weighted by Gasteiger charge is -2.11. The van der Waals surface area contributed by atoms with Crippen molar-refractivity contribution in [3.8, 4) is 16.9 Å². The monoisotopic (exact) mass is 231 g/mol. The molecule has 4 heteroatoms. The summed E-state index contributed by atoms with van der Waals surface area (Å²) < 4.78 is 7.42. The van der Waals surface area contributed by atoms with Gasteiger partial charge < -0.3 is 10.5 Å². The minimum Gasteiger partial charge on any atom is -0.491 e. The highest BCUT2D eigenvalue weighted by atomic mass is 16.5. The van der Waals surface area contributed by atoms with E-state index in [0.29, 0.717) is 5.69 Å². The Hall–Kier alpha value is -1.97. The number of nitrogen functional groups attached to an aromatic ring is 1. The molecule has 17 heavy (non-hydrogen) atoms. The first-order valence-corrected chi connectivity index (χ1v) is 5.61.